The van der Waals surface area contributed by atoms with E-state index in [1.165, 1.54) is 11.0 Å². The lowest BCUT2D eigenvalue weighted by Crippen LogP contribution is -2.29. The summed E-state index contributed by atoms with van der Waals surface area (Å²) in [6.45, 7) is 2.77. The Labute approximate surface area is 123 Å². The van der Waals surface area contributed by atoms with E-state index in [-0.39, 0.29) is 12.5 Å². The number of nitrogens with one attached hydrogen (secondary N) is 1. The van der Waals surface area contributed by atoms with Crippen LogP contribution in [0.3, 0.4) is 0 Å². The fourth-order valence-corrected chi connectivity index (χ4v) is 2.02. The first-order valence-corrected chi connectivity index (χ1v) is 6.97. The molecule has 2 rings (SSSR count). The molecule has 21 heavy (non-hydrogen) atoms. The van der Waals surface area contributed by atoms with Gasteiger partial charge in [-0.3, -0.25) is 4.79 Å². The Kier molecular flexibility index (Phi) is 5.39. The Balaban J connectivity index is 1.94. The molecule has 7 heteroatoms. The van der Waals surface area contributed by atoms with Crippen LogP contribution in [0.4, 0.5) is 0 Å². The highest BCUT2D eigenvalue weighted by Crippen LogP contribution is 2.09. The van der Waals surface area contributed by atoms with Crippen molar-refractivity contribution in [3.63, 3.8) is 0 Å². The van der Waals surface area contributed by atoms with Gasteiger partial charge in [-0.2, -0.15) is 0 Å². The third-order valence-corrected chi connectivity index (χ3v) is 3.41. The zero-order chi connectivity index (χ0) is 15.1. The molecule has 0 bridgehead atoms. The summed E-state index contributed by atoms with van der Waals surface area (Å²) in [6, 6.07) is 7.05. The number of carbonyl (C=O) groups excluding carboxylic acids is 1. The molecular weight excluding hydrogens is 270 g/mol. The van der Waals surface area contributed by atoms with E-state index in [1.54, 1.807) is 24.3 Å². The predicted octanol–water partition coefficient (Wildman–Crippen LogP) is 0.801. The Hall–Kier alpha value is -2.28. The molecule has 0 spiro atoms. The van der Waals surface area contributed by atoms with Crippen molar-refractivity contribution in [2.45, 2.75) is 19.8 Å². The molecule has 7 nitrogen and oxygen atoms in total. The van der Waals surface area contributed by atoms with Crippen molar-refractivity contribution >= 4 is 5.91 Å². The van der Waals surface area contributed by atoms with Gasteiger partial charge in [0.1, 0.15) is 6.33 Å². The predicted molar refractivity (Wildman–Crippen MR) is 77.0 cm³/mol. The molecule has 1 heterocycles. The zero-order valence-corrected chi connectivity index (χ0v) is 11.9. The van der Waals surface area contributed by atoms with E-state index in [2.05, 4.69) is 20.8 Å². The number of aromatic nitrogens is 4. The minimum atomic E-state index is -0.116. The lowest BCUT2D eigenvalue weighted by atomic mass is 10.0. The number of hydrogen-bond acceptors (Lipinski definition) is 5. The van der Waals surface area contributed by atoms with Crippen LogP contribution in [0.25, 0.3) is 5.69 Å². The molecule has 112 valence electrons. The maximum Gasteiger partial charge on any atom is 0.251 e. The molecule has 1 atom stereocenters. The molecule has 1 aromatic heterocycles. The summed E-state index contributed by atoms with van der Waals surface area (Å²) in [4.78, 5) is 12.0. The van der Waals surface area contributed by atoms with Crippen molar-refractivity contribution < 1.29 is 9.90 Å². The van der Waals surface area contributed by atoms with Gasteiger partial charge >= 0.3 is 0 Å². The number of aliphatic hydroxyl groups excluding tert-OH is 1. The van der Waals surface area contributed by atoms with Crippen LogP contribution in [0.5, 0.6) is 0 Å². The van der Waals surface area contributed by atoms with Crippen molar-refractivity contribution in [1.82, 2.24) is 25.5 Å². The average molecular weight is 289 g/mol. The number of amides is 1. The molecule has 1 amide bonds. The number of carbonyl (C=O) groups is 1. The SMILES string of the molecule is CCC(CCO)CNC(=O)c1ccc(-n2cnnn2)cc1. The van der Waals surface area contributed by atoms with Gasteiger partial charge in [-0.15, -0.1) is 5.10 Å². The summed E-state index contributed by atoms with van der Waals surface area (Å²) in [5, 5.41) is 22.7. The van der Waals surface area contributed by atoms with Crippen LogP contribution in [0, 0.1) is 5.92 Å². The first kappa shape index (κ1) is 15.1. The van der Waals surface area contributed by atoms with Gasteiger partial charge in [0.05, 0.1) is 5.69 Å². The normalized spacial score (nSPS) is 12.1. The van der Waals surface area contributed by atoms with E-state index >= 15 is 0 Å². The van der Waals surface area contributed by atoms with Crippen LogP contribution in [-0.2, 0) is 0 Å². The Morgan fingerprint density at radius 2 is 2.14 bits per heavy atom. The number of hydrogen-bond donors (Lipinski definition) is 2. The van der Waals surface area contributed by atoms with E-state index in [0.29, 0.717) is 24.4 Å². The molecule has 0 radical (unpaired) electrons. The monoisotopic (exact) mass is 289 g/mol. The summed E-state index contributed by atoms with van der Waals surface area (Å²) in [5.41, 5.74) is 1.38. The van der Waals surface area contributed by atoms with Crippen LogP contribution in [0.2, 0.25) is 0 Å². The number of benzene rings is 1. The smallest absolute Gasteiger partial charge is 0.251 e. The minimum absolute atomic E-state index is 0.116. The minimum Gasteiger partial charge on any atom is -0.396 e. The Morgan fingerprint density at radius 1 is 1.38 bits per heavy atom. The fourth-order valence-electron chi connectivity index (χ4n) is 2.02. The molecule has 0 saturated carbocycles. The van der Waals surface area contributed by atoms with Crippen molar-refractivity contribution in [3.05, 3.63) is 36.2 Å². The van der Waals surface area contributed by atoms with E-state index in [9.17, 15) is 4.79 Å². The first-order chi connectivity index (χ1) is 10.2. The van der Waals surface area contributed by atoms with Crippen LogP contribution in [0.15, 0.2) is 30.6 Å². The summed E-state index contributed by atoms with van der Waals surface area (Å²) in [5.74, 6) is 0.189. The second kappa shape index (κ2) is 7.49. The largest absolute Gasteiger partial charge is 0.396 e. The van der Waals surface area contributed by atoms with Crippen molar-refractivity contribution in [1.29, 1.82) is 0 Å². The molecule has 2 N–H and O–H groups in total. The average Bonchev–Trinajstić information content (AvgIpc) is 3.05. The van der Waals surface area contributed by atoms with Crippen molar-refractivity contribution in [2.75, 3.05) is 13.2 Å². The van der Waals surface area contributed by atoms with Crippen LogP contribution >= 0.6 is 0 Å². The number of aliphatic hydroxyl groups is 1. The second-order valence-electron chi connectivity index (χ2n) is 4.80. The third kappa shape index (κ3) is 4.09. The van der Waals surface area contributed by atoms with Crippen LogP contribution in [-0.4, -0.2) is 44.4 Å². The van der Waals surface area contributed by atoms with Gasteiger partial charge in [0.2, 0.25) is 0 Å². The summed E-state index contributed by atoms with van der Waals surface area (Å²) >= 11 is 0. The van der Waals surface area contributed by atoms with Crippen LogP contribution in [0.1, 0.15) is 30.1 Å². The standard InChI is InChI=1S/C14H19N5O2/c1-2-11(7-8-20)9-15-14(21)12-3-5-13(6-4-12)19-10-16-17-18-19/h3-6,10-11,20H,2,7-9H2,1H3,(H,15,21). The van der Waals surface area contributed by atoms with Gasteiger partial charge in [0.25, 0.3) is 5.91 Å². The highest BCUT2D eigenvalue weighted by molar-refractivity contribution is 5.94. The van der Waals surface area contributed by atoms with E-state index in [1.807, 2.05) is 6.92 Å². The van der Waals surface area contributed by atoms with Gasteiger partial charge in [-0.05, 0) is 47.0 Å². The molecule has 2 aromatic rings. The van der Waals surface area contributed by atoms with Gasteiger partial charge in [-0.1, -0.05) is 13.3 Å². The lowest BCUT2D eigenvalue weighted by molar-refractivity contribution is 0.0943. The van der Waals surface area contributed by atoms with E-state index in [4.69, 9.17) is 5.11 Å². The van der Waals surface area contributed by atoms with Crippen molar-refractivity contribution in [3.8, 4) is 5.69 Å². The quantitative estimate of drug-likeness (QED) is 0.786. The Morgan fingerprint density at radius 3 is 2.71 bits per heavy atom. The molecular formula is C14H19N5O2. The molecule has 0 fully saturated rings. The molecule has 0 saturated heterocycles. The summed E-state index contributed by atoms with van der Waals surface area (Å²) < 4.78 is 1.52. The second-order valence-corrected chi connectivity index (χ2v) is 4.80. The van der Waals surface area contributed by atoms with Crippen molar-refractivity contribution in [2.24, 2.45) is 5.92 Å². The van der Waals surface area contributed by atoms with E-state index in [0.717, 1.165) is 12.1 Å². The molecule has 0 aliphatic rings. The van der Waals surface area contributed by atoms with Gasteiger partial charge in [0.15, 0.2) is 0 Å². The highest BCUT2D eigenvalue weighted by atomic mass is 16.3. The van der Waals surface area contributed by atoms with E-state index < -0.39 is 0 Å². The topological polar surface area (TPSA) is 92.9 Å². The van der Waals surface area contributed by atoms with Gasteiger partial charge < -0.3 is 10.4 Å². The summed E-state index contributed by atoms with van der Waals surface area (Å²) in [7, 11) is 0. The number of rotatable bonds is 7. The highest BCUT2D eigenvalue weighted by Gasteiger charge is 2.10. The van der Waals surface area contributed by atoms with Gasteiger partial charge in [0, 0.05) is 18.7 Å². The molecule has 1 unspecified atom stereocenters. The third-order valence-electron chi connectivity index (χ3n) is 3.41. The summed E-state index contributed by atoms with van der Waals surface area (Å²) in [6.07, 6.45) is 3.13. The maximum atomic E-state index is 12.0. The first-order valence-electron chi connectivity index (χ1n) is 6.97. The molecule has 0 aliphatic heterocycles. The molecule has 1 aromatic carbocycles. The number of nitrogens with zero attached hydrogens (tertiary/aromatic N) is 4. The Bertz CT molecular complexity index is 553. The zero-order valence-electron chi connectivity index (χ0n) is 11.9. The number of tetrazole rings is 1. The molecule has 0 aliphatic carbocycles. The maximum absolute atomic E-state index is 12.0. The van der Waals surface area contributed by atoms with Gasteiger partial charge in [-0.25, -0.2) is 4.68 Å². The van der Waals surface area contributed by atoms with Crippen LogP contribution < -0.4 is 5.32 Å². The lowest BCUT2D eigenvalue weighted by Gasteiger charge is -2.14. The fraction of sp³-hybridized carbons (Fsp3) is 0.429.